The van der Waals surface area contributed by atoms with Crippen LogP contribution in [0.25, 0.3) is 0 Å². The molecule has 102 valence electrons. The molecule has 1 unspecified atom stereocenters. The van der Waals surface area contributed by atoms with E-state index in [0.29, 0.717) is 17.0 Å². The highest BCUT2D eigenvalue weighted by Crippen LogP contribution is 2.19. The summed E-state index contributed by atoms with van der Waals surface area (Å²) < 4.78 is 35.9. The number of halogens is 3. The van der Waals surface area contributed by atoms with E-state index in [1.165, 1.54) is 6.07 Å². The quantitative estimate of drug-likeness (QED) is 0.930. The minimum atomic E-state index is -2.91. The van der Waals surface area contributed by atoms with Crippen LogP contribution < -0.4 is 5.32 Å². The highest BCUT2D eigenvalue weighted by molar-refractivity contribution is 7.91. The molecular weight excluding hydrogens is 300 g/mol. The van der Waals surface area contributed by atoms with Crippen molar-refractivity contribution in [1.82, 2.24) is 5.32 Å². The molecule has 2 rings (SSSR count). The highest BCUT2D eigenvalue weighted by Gasteiger charge is 2.27. The first-order valence-electron chi connectivity index (χ1n) is 5.34. The molecular formula is C11H14Cl2FNO2S. The van der Waals surface area contributed by atoms with Gasteiger partial charge in [-0.15, -0.1) is 12.4 Å². The zero-order valence-corrected chi connectivity index (χ0v) is 11.9. The van der Waals surface area contributed by atoms with Crippen molar-refractivity contribution in [3.05, 3.63) is 34.6 Å². The SMILES string of the molecule is Cl.O=S1(=O)CCC(NCc2c(F)cccc2Cl)C1. The first kappa shape index (κ1) is 15.7. The Morgan fingerprint density at radius 1 is 1.44 bits per heavy atom. The normalized spacial score (nSPS) is 21.6. The second-order valence-electron chi connectivity index (χ2n) is 4.18. The standard InChI is InChI=1S/C11H13ClFNO2S.ClH/c12-10-2-1-3-11(13)9(10)6-14-8-4-5-17(15,16)7-8;/h1-3,8,14H,4-7H2;1H. The van der Waals surface area contributed by atoms with Gasteiger partial charge in [-0.2, -0.15) is 0 Å². The molecule has 1 fully saturated rings. The van der Waals surface area contributed by atoms with Crippen LogP contribution in [0.5, 0.6) is 0 Å². The van der Waals surface area contributed by atoms with Crippen molar-refractivity contribution in [2.45, 2.75) is 19.0 Å². The maximum atomic E-state index is 13.4. The van der Waals surface area contributed by atoms with Crippen molar-refractivity contribution in [3.63, 3.8) is 0 Å². The van der Waals surface area contributed by atoms with Crippen LogP contribution >= 0.6 is 24.0 Å². The van der Waals surface area contributed by atoms with E-state index in [4.69, 9.17) is 11.6 Å². The molecule has 1 N–H and O–H groups in total. The molecule has 1 saturated heterocycles. The lowest BCUT2D eigenvalue weighted by molar-refractivity contribution is 0.532. The van der Waals surface area contributed by atoms with Gasteiger partial charge >= 0.3 is 0 Å². The molecule has 0 saturated carbocycles. The summed E-state index contributed by atoms with van der Waals surface area (Å²) in [6.45, 7) is 0.256. The first-order chi connectivity index (χ1) is 7.98. The predicted molar refractivity (Wildman–Crippen MR) is 72.6 cm³/mol. The van der Waals surface area contributed by atoms with Gasteiger partial charge in [-0.05, 0) is 18.6 Å². The van der Waals surface area contributed by atoms with Crippen molar-refractivity contribution in [1.29, 1.82) is 0 Å². The van der Waals surface area contributed by atoms with Gasteiger partial charge in [-0.25, -0.2) is 12.8 Å². The van der Waals surface area contributed by atoms with Gasteiger partial charge in [0.1, 0.15) is 5.82 Å². The molecule has 1 aliphatic heterocycles. The molecule has 1 aromatic rings. The molecule has 1 aromatic carbocycles. The van der Waals surface area contributed by atoms with Crippen molar-refractivity contribution in [2.75, 3.05) is 11.5 Å². The lowest BCUT2D eigenvalue weighted by Crippen LogP contribution is -2.29. The van der Waals surface area contributed by atoms with Crippen molar-refractivity contribution in [3.8, 4) is 0 Å². The molecule has 1 heterocycles. The molecule has 1 atom stereocenters. The van der Waals surface area contributed by atoms with Crippen LogP contribution in [0.15, 0.2) is 18.2 Å². The van der Waals surface area contributed by atoms with Crippen LogP contribution in [0.2, 0.25) is 5.02 Å². The van der Waals surface area contributed by atoms with Crippen molar-refractivity contribution < 1.29 is 12.8 Å². The summed E-state index contributed by atoms with van der Waals surface area (Å²) in [4.78, 5) is 0. The smallest absolute Gasteiger partial charge is 0.151 e. The van der Waals surface area contributed by atoms with Gasteiger partial charge in [-0.3, -0.25) is 0 Å². The Labute approximate surface area is 117 Å². The van der Waals surface area contributed by atoms with E-state index in [0.717, 1.165) is 0 Å². The number of benzene rings is 1. The Hall–Kier alpha value is -0.360. The van der Waals surface area contributed by atoms with Crippen molar-refractivity contribution in [2.24, 2.45) is 0 Å². The fraction of sp³-hybridized carbons (Fsp3) is 0.455. The summed E-state index contributed by atoms with van der Waals surface area (Å²) in [5.74, 6) is -0.0415. The molecule has 0 bridgehead atoms. The number of rotatable bonds is 3. The third-order valence-electron chi connectivity index (χ3n) is 2.86. The zero-order valence-electron chi connectivity index (χ0n) is 9.53. The Kier molecular flexibility index (Phi) is 5.40. The zero-order chi connectivity index (χ0) is 12.5. The summed E-state index contributed by atoms with van der Waals surface area (Å²) in [5.41, 5.74) is 0.387. The Bertz CT molecular complexity index is 502. The minimum Gasteiger partial charge on any atom is -0.309 e. The Morgan fingerprint density at radius 3 is 2.72 bits per heavy atom. The largest absolute Gasteiger partial charge is 0.309 e. The third kappa shape index (κ3) is 3.82. The van der Waals surface area contributed by atoms with E-state index >= 15 is 0 Å². The van der Waals surface area contributed by atoms with E-state index in [9.17, 15) is 12.8 Å². The van der Waals surface area contributed by atoms with Crippen LogP contribution in [0.4, 0.5) is 4.39 Å². The van der Waals surface area contributed by atoms with Crippen LogP contribution in [0.3, 0.4) is 0 Å². The lowest BCUT2D eigenvalue weighted by atomic mass is 10.2. The summed E-state index contributed by atoms with van der Waals surface area (Å²) in [7, 11) is -2.91. The molecule has 18 heavy (non-hydrogen) atoms. The van der Waals surface area contributed by atoms with Crippen LogP contribution in [-0.2, 0) is 16.4 Å². The number of nitrogens with one attached hydrogen (secondary N) is 1. The third-order valence-corrected chi connectivity index (χ3v) is 4.98. The van der Waals surface area contributed by atoms with E-state index in [-0.39, 0.29) is 42.3 Å². The average molecular weight is 314 g/mol. The summed E-state index contributed by atoms with van der Waals surface area (Å²) in [5, 5.41) is 3.39. The second-order valence-corrected chi connectivity index (χ2v) is 6.82. The predicted octanol–water partition coefficient (Wildman–Crippen LogP) is 2.18. The first-order valence-corrected chi connectivity index (χ1v) is 7.54. The summed E-state index contributed by atoms with van der Waals surface area (Å²) in [6, 6.07) is 4.40. The second kappa shape index (κ2) is 6.19. The van der Waals surface area contributed by atoms with E-state index in [1.807, 2.05) is 0 Å². The van der Waals surface area contributed by atoms with Gasteiger partial charge in [0.25, 0.3) is 0 Å². The molecule has 0 spiro atoms. The Balaban J connectivity index is 0.00000162. The van der Waals surface area contributed by atoms with E-state index in [1.54, 1.807) is 12.1 Å². The van der Waals surface area contributed by atoms with E-state index < -0.39 is 9.84 Å². The van der Waals surface area contributed by atoms with Gasteiger partial charge in [0.05, 0.1) is 11.5 Å². The van der Waals surface area contributed by atoms with Gasteiger partial charge < -0.3 is 5.32 Å². The average Bonchev–Trinajstić information content (AvgIpc) is 2.57. The van der Waals surface area contributed by atoms with E-state index in [2.05, 4.69) is 5.32 Å². The van der Waals surface area contributed by atoms with Gasteiger partial charge in [0.2, 0.25) is 0 Å². The molecule has 3 nitrogen and oxygen atoms in total. The Morgan fingerprint density at radius 2 is 2.17 bits per heavy atom. The molecule has 0 aromatic heterocycles. The summed E-state index contributed by atoms with van der Waals surface area (Å²) in [6.07, 6.45) is 0.578. The lowest BCUT2D eigenvalue weighted by Gasteiger charge is -2.12. The summed E-state index contributed by atoms with van der Waals surface area (Å²) >= 11 is 5.87. The number of hydrogen-bond acceptors (Lipinski definition) is 3. The van der Waals surface area contributed by atoms with Gasteiger partial charge in [0, 0.05) is 23.2 Å². The molecule has 0 radical (unpaired) electrons. The molecule has 1 aliphatic rings. The molecule has 7 heteroatoms. The maximum Gasteiger partial charge on any atom is 0.151 e. The van der Waals surface area contributed by atoms with Crippen molar-refractivity contribution >= 4 is 33.8 Å². The number of hydrogen-bond donors (Lipinski definition) is 1. The van der Waals surface area contributed by atoms with Crippen LogP contribution in [-0.4, -0.2) is 26.0 Å². The number of sulfone groups is 1. The van der Waals surface area contributed by atoms with Crippen LogP contribution in [0.1, 0.15) is 12.0 Å². The van der Waals surface area contributed by atoms with Gasteiger partial charge in [0.15, 0.2) is 9.84 Å². The maximum absolute atomic E-state index is 13.4. The van der Waals surface area contributed by atoms with Crippen LogP contribution in [0, 0.1) is 5.82 Å². The monoisotopic (exact) mass is 313 g/mol. The molecule has 0 amide bonds. The minimum absolute atomic E-state index is 0. The fourth-order valence-corrected chi connectivity index (χ4v) is 3.84. The highest BCUT2D eigenvalue weighted by atomic mass is 35.5. The van der Waals surface area contributed by atoms with Gasteiger partial charge in [-0.1, -0.05) is 17.7 Å². The molecule has 0 aliphatic carbocycles. The fourth-order valence-electron chi connectivity index (χ4n) is 1.90. The topological polar surface area (TPSA) is 46.2 Å².